The highest BCUT2D eigenvalue weighted by Crippen LogP contribution is 2.34. The molecule has 0 aliphatic carbocycles. The lowest BCUT2D eigenvalue weighted by Gasteiger charge is -2.32. The Morgan fingerprint density at radius 1 is 1.00 bits per heavy atom. The molecule has 1 N–H and O–H groups in total. The lowest BCUT2D eigenvalue weighted by atomic mass is 9.92. The van der Waals surface area contributed by atoms with Crippen molar-refractivity contribution in [1.29, 1.82) is 0 Å². The fourth-order valence-corrected chi connectivity index (χ4v) is 2.55. The van der Waals surface area contributed by atoms with Gasteiger partial charge in [0.25, 0.3) is 0 Å². The lowest BCUT2D eigenvalue weighted by molar-refractivity contribution is -0.137. The monoisotopic (exact) mass is 349 g/mol. The van der Waals surface area contributed by atoms with E-state index in [-0.39, 0.29) is 0 Å². The van der Waals surface area contributed by atoms with Gasteiger partial charge in [0.2, 0.25) is 0 Å². The molecule has 0 fully saturated rings. The number of hydrogen-bond donors (Lipinski definition) is 1. The molecule has 0 bridgehead atoms. The molecule has 2 rings (SSSR count). The van der Waals surface area contributed by atoms with Crippen molar-refractivity contribution in [2.45, 2.75) is 25.1 Å². The largest absolute Gasteiger partial charge is 0.483 e. The van der Waals surface area contributed by atoms with E-state index < -0.39 is 17.3 Å². The highest BCUT2D eigenvalue weighted by molar-refractivity contribution is 5.31. The van der Waals surface area contributed by atoms with Crippen LogP contribution in [-0.2, 0) is 11.8 Å². The summed E-state index contributed by atoms with van der Waals surface area (Å²) in [5, 5.41) is 3.23. The Bertz CT molecular complexity index is 668. The van der Waals surface area contributed by atoms with Gasteiger partial charge in [-0.15, -0.1) is 6.58 Å². The molecule has 0 aromatic heterocycles. The molecule has 0 saturated heterocycles. The predicted octanol–water partition coefficient (Wildman–Crippen LogP) is 5.17. The van der Waals surface area contributed by atoms with E-state index >= 15 is 0 Å². The molecule has 0 radical (unpaired) electrons. The van der Waals surface area contributed by atoms with Crippen LogP contribution in [0.25, 0.3) is 0 Å². The van der Waals surface area contributed by atoms with Crippen molar-refractivity contribution in [3.05, 3.63) is 78.4 Å². The molecule has 134 valence electrons. The fourth-order valence-electron chi connectivity index (χ4n) is 2.55. The summed E-state index contributed by atoms with van der Waals surface area (Å²) < 4.78 is 44.2. The zero-order valence-corrected chi connectivity index (χ0v) is 14.1. The van der Waals surface area contributed by atoms with Crippen LogP contribution in [0, 0.1) is 0 Å². The number of nitrogens with one attached hydrogen (secondary N) is 1. The topological polar surface area (TPSA) is 21.3 Å². The number of hydrogen-bond acceptors (Lipinski definition) is 2. The maximum atomic E-state index is 12.7. The molecular formula is C20H22F3NO. The maximum Gasteiger partial charge on any atom is 0.416 e. The van der Waals surface area contributed by atoms with E-state index in [2.05, 4.69) is 11.9 Å². The SMILES string of the molecule is C=CCNCCC(C)(Oc1ccc(C(F)(F)F)cc1)c1ccccc1. The molecule has 0 aliphatic rings. The van der Waals surface area contributed by atoms with Crippen LogP contribution in [0.3, 0.4) is 0 Å². The van der Waals surface area contributed by atoms with Crippen molar-refractivity contribution in [1.82, 2.24) is 5.32 Å². The number of ether oxygens (including phenoxy) is 1. The normalized spacial score (nSPS) is 13.9. The van der Waals surface area contributed by atoms with Gasteiger partial charge in [0.05, 0.1) is 5.56 Å². The summed E-state index contributed by atoms with van der Waals surface area (Å²) in [7, 11) is 0. The molecule has 1 unspecified atom stereocenters. The van der Waals surface area contributed by atoms with Gasteiger partial charge in [0.15, 0.2) is 0 Å². The van der Waals surface area contributed by atoms with Crippen molar-refractivity contribution >= 4 is 0 Å². The van der Waals surface area contributed by atoms with Gasteiger partial charge in [0.1, 0.15) is 11.4 Å². The molecule has 5 heteroatoms. The van der Waals surface area contributed by atoms with Gasteiger partial charge in [-0.05, 0) is 43.3 Å². The minimum absolute atomic E-state index is 0.406. The van der Waals surface area contributed by atoms with Crippen LogP contribution in [0.4, 0.5) is 13.2 Å². The van der Waals surface area contributed by atoms with Crippen LogP contribution in [0.5, 0.6) is 5.75 Å². The molecule has 1 atom stereocenters. The van der Waals surface area contributed by atoms with Gasteiger partial charge in [0, 0.05) is 13.0 Å². The molecule has 0 aliphatic heterocycles. The molecule has 2 nitrogen and oxygen atoms in total. The van der Waals surface area contributed by atoms with Crippen molar-refractivity contribution in [2.24, 2.45) is 0 Å². The lowest BCUT2D eigenvalue weighted by Crippen LogP contribution is -2.33. The first-order valence-corrected chi connectivity index (χ1v) is 8.08. The van der Waals surface area contributed by atoms with Crippen molar-refractivity contribution < 1.29 is 17.9 Å². The first-order valence-electron chi connectivity index (χ1n) is 8.08. The molecule has 0 spiro atoms. The molecular weight excluding hydrogens is 327 g/mol. The standard InChI is InChI=1S/C20H22F3NO/c1-3-14-24-15-13-19(2,16-7-5-4-6-8-16)25-18-11-9-17(10-12-18)20(21,22)23/h3-12,24H,1,13-15H2,2H3. The quantitative estimate of drug-likeness (QED) is 0.525. The second-order valence-electron chi connectivity index (χ2n) is 5.96. The van der Waals surface area contributed by atoms with Gasteiger partial charge in [-0.25, -0.2) is 0 Å². The number of halogens is 3. The van der Waals surface area contributed by atoms with Crippen LogP contribution in [0.1, 0.15) is 24.5 Å². The van der Waals surface area contributed by atoms with E-state index in [0.717, 1.165) is 17.7 Å². The van der Waals surface area contributed by atoms with E-state index in [1.165, 1.54) is 12.1 Å². The van der Waals surface area contributed by atoms with E-state index in [1.807, 2.05) is 37.3 Å². The highest BCUT2D eigenvalue weighted by atomic mass is 19.4. The summed E-state index contributed by atoms with van der Waals surface area (Å²) in [5.41, 5.74) is -0.376. The Labute approximate surface area is 146 Å². The van der Waals surface area contributed by atoms with E-state index in [9.17, 15) is 13.2 Å². The molecule has 0 heterocycles. The van der Waals surface area contributed by atoms with Crippen LogP contribution >= 0.6 is 0 Å². The third-order valence-electron chi connectivity index (χ3n) is 3.98. The van der Waals surface area contributed by atoms with Crippen LogP contribution in [0.15, 0.2) is 67.3 Å². The molecule has 2 aromatic carbocycles. The highest BCUT2D eigenvalue weighted by Gasteiger charge is 2.31. The summed E-state index contributed by atoms with van der Waals surface area (Å²) in [5.74, 6) is 0.406. The van der Waals surface area contributed by atoms with Gasteiger partial charge < -0.3 is 10.1 Å². The Morgan fingerprint density at radius 3 is 2.20 bits per heavy atom. The third-order valence-corrected chi connectivity index (χ3v) is 3.98. The van der Waals surface area contributed by atoms with Crippen LogP contribution in [-0.4, -0.2) is 13.1 Å². The summed E-state index contributed by atoms with van der Waals surface area (Å²) >= 11 is 0. The van der Waals surface area contributed by atoms with Gasteiger partial charge in [-0.3, -0.25) is 0 Å². The number of benzene rings is 2. The smallest absolute Gasteiger partial charge is 0.416 e. The maximum absolute atomic E-state index is 12.7. The summed E-state index contributed by atoms with van der Waals surface area (Å²) in [6, 6.07) is 14.5. The molecule has 0 amide bonds. The zero-order valence-electron chi connectivity index (χ0n) is 14.1. The molecule has 2 aromatic rings. The second-order valence-corrected chi connectivity index (χ2v) is 5.96. The zero-order chi connectivity index (χ0) is 18.3. The second kappa shape index (κ2) is 8.21. The first-order chi connectivity index (χ1) is 11.8. The van der Waals surface area contributed by atoms with Crippen LogP contribution in [0.2, 0.25) is 0 Å². The predicted molar refractivity (Wildman–Crippen MR) is 93.5 cm³/mol. The average molecular weight is 349 g/mol. The van der Waals surface area contributed by atoms with Crippen molar-refractivity contribution in [2.75, 3.05) is 13.1 Å². The Kier molecular flexibility index (Phi) is 6.26. The van der Waals surface area contributed by atoms with E-state index in [4.69, 9.17) is 4.74 Å². The van der Waals surface area contributed by atoms with Crippen LogP contribution < -0.4 is 10.1 Å². The molecule has 0 saturated carbocycles. The van der Waals surface area contributed by atoms with Gasteiger partial charge >= 0.3 is 6.18 Å². The fraction of sp³-hybridized carbons (Fsp3) is 0.300. The summed E-state index contributed by atoms with van der Waals surface area (Å²) in [6.07, 6.45) is -1.92. The summed E-state index contributed by atoms with van der Waals surface area (Å²) in [4.78, 5) is 0. The Balaban J connectivity index is 2.19. The Hall–Kier alpha value is -2.27. The number of rotatable bonds is 8. The van der Waals surface area contributed by atoms with E-state index in [0.29, 0.717) is 25.3 Å². The minimum atomic E-state index is -4.35. The molecule has 25 heavy (non-hydrogen) atoms. The van der Waals surface area contributed by atoms with Gasteiger partial charge in [-0.1, -0.05) is 36.4 Å². The minimum Gasteiger partial charge on any atom is -0.483 e. The van der Waals surface area contributed by atoms with Crippen molar-refractivity contribution in [3.63, 3.8) is 0 Å². The third kappa shape index (κ3) is 5.36. The summed E-state index contributed by atoms with van der Waals surface area (Å²) in [6.45, 7) is 6.98. The van der Waals surface area contributed by atoms with E-state index in [1.54, 1.807) is 6.08 Å². The van der Waals surface area contributed by atoms with Crippen molar-refractivity contribution in [3.8, 4) is 5.75 Å². The number of alkyl halides is 3. The first kappa shape index (κ1) is 19.1. The Morgan fingerprint density at radius 2 is 1.64 bits per heavy atom. The average Bonchev–Trinajstić information content (AvgIpc) is 2.59. The van der Waals surface area contributed by atoms with Gasteiger partial charge in [-0.2, -0.15) is 13.2 Å².